The second-order valence-electron chi connectivity index (χ2n) is 14.7. The number of nitrogens with zero attached hydrogens (tertiary/aromatic N) is 3. The molecule has 2 unspecified atom stereocenters. The molecule has 1 saturated heterocycles. The molecule has 1 aromatic heterocycles. The van der Waals surface area contributed by atoms with Gasteiger partial charge in [-0.15, -0.1) is 4.72 Å². The molecule has 2 heterocycles. The van der Waals surface area contributed by atoms with Crippen LogP contribution in [0.2, 0.25) is 25.7 Å². The van der Waals surface area contributed by atoms with Gasteiger partial charge in [0, 0.05) is 26.0 Å². The monoisotopic (exact) mass is 729 g/mol. The van der Waals surface area contributed by atoms with Crippen molar-refractivity contribution in [3.8, 4) is 0 Å². The first-order valence-corrected chi connectivity index (χ1v) is 20.7. The Kier molecular flexibility index (Phi) is 10.6. The number of halogens is 6. The van der Waals surface area contributed by atoms with E-state index in [0.717, 1.165) is 13.0 Å². The Morgan fingerprint density at radius 2 is 1.81 bits per heavy atom. The highest BCUT2D eigenvalue weighted by atomic mass is 32.2. The van der Waals surface area contributed by atoms with Crippen LogP contribution in [0.5, 0.6) is 0 Å². The molecule has 48 heavy (non-hydrogen) atoms. The summed E-state index contributed by atoms with van der Waals surface area (Å²) >= 11 is -1.79. The maximum atomic E-state index is 13.8. The number of urea groups is 1. The third kappa shape index (κ3) is 9.59. The van der Waals surface area contributed by atoms with Crippen molar-refractivity contribution < 1.29 is 47.9 Å². The molecule has 0 spiro atoms. The number of ether oxygens (including phenoxy) is 2. The molecule has 1 saturated carbocycles. The predicted octanol–water partition coefficient (Wildman–Crippen LogP) is 7.20. The predicted molar refractivity (Wildman–Crippen MR) is 174 cm³/mol. The van der Waals surface area contributed by atoms with Crippen molar-refractivity contribution in [3.05, 3.63) is 29.6 Å². The molecule has 2 fully saturated rings. The fourth-order valence-electron chi connectivity index (χ4n) is 5.21. The van der Waals surface area contributed by atoms with Crippen molar-refractivity contribution in [2.45, 2.75) is 127 Å². The van der Waals surface area contributed by atoms with Crippen LogP contribution in [0.1, 0.15) is 73.7 Å². The van der Waals surface area contributed by atoms with E-state index >= 15 is 0 Å². The topological polar surface area (TPSA) is 104 Å². The van der Waals surface area contributed by atoms with Gasteiger partial charge in [0.2, 0.25) is 0 Å². The third-order valence-corrected chi connectivity index (χ3v) is 11.5. The summed E-state index contributed by atoms with van der Waals surface area (Å²) < 4.78 is 127. The summed E-state index contributed by atoms with van der Waals surface area (Å²) in [4.78, 5) is 18.3. The quantitative estimate of drug-likeness (QED) is 0.0923. The van der Waals surface area contributed by atoms with E-state index in [-0.39, 0.29) is 24.0 Å². The molecule has 2 aliphatic rings. The molecule has 2 N–H and O–H groups in total. The molecular formula is C31H47F6N5O4SSi. The van der Waals surface area contributed by atoms with E-state index in [1.54, 1.807) is 48.9 Å². The maximum Gasteiger partial charge on any atom is 0.414 e. The number of alkyl halides is 6. The van der Waals surface area contributed by atoms with Crippen molar-refractivity contribution >= 4 is 36.5 Å². The highest BCUT2D eigenvalue weighted by Gasteiger charge is 2.51. The van der Waals surface area contributed by atoms with Crippen LogP contribution in [0.4, 0.5) is 31.1 Å². The molecule has 1 aliphatic carbocycles. The zero-order chi connectivity index (χ0) is 37.8. The Balaban J connectivity index is 1.83. The fraction of sp³-hybridized carbons (Fsp3) is 0.742. The van der Waals surface area contributed by atoms with Crippen molar-refractivity contribution in [2.75, 3.05) is 13.1 Å². The van der Waals surface area contributed by atoms with Gasteiger partial charge in [-0.25, -0.2) is 9.78 Å². The first-order valence-electron chi connectivity index (χ1n) is 16.9. The lowest BCUT2D eigenvalue weighted by Gasteiger charge is -2.32. The Morgan fingerprint density at radius 1 is 1.17 bits per heavy atom. The van der Waals surface area contributed by atoms with E-state index < -0.39 is 79.4 Å². The number of hydrogen-bond donors (Lipinski definition) is 2. The van der Waals surface area contributed by atoms with E-state index in [0.29, 0.717) is 35.4 Å². The summed E-state index contributed by atoms with van der Waals surface area (Å²) in [7, 11) is -1.51. The number of fused-ring (bicyclic) bond motifs is 1. The molecule has 1 aromatic carbocycles. The van der Waals surface area contributed by atoms with Crippen LogP contribution in [0.25, 0.3) is 11.0 Å². The Bertz CT molecular complexity index is 1520. The number of imidazole rings is 1. The normalized spacial score (nSPS) is 23.0. The Labute approximate surface area is 284 Å². The second-order valence-corrected chi connectivity index (χ2v) is 22.3. The van der Waals surface area contributed by atoms with Crippen LogP contribution >= 0.6 is 0 Å². The summed E-state index contributed by atoms with van der Waals surface area (Å²) in [6.07, 6.45) is -12.0. The van der Waals surface area contributed by atoms with E-state index in [2.05, 4.69) is 24.4 Å². The van der Waals surface area contributed by atoms with Gasteiger partial charge in [0.15, 0.2) is 6.10 Å². The van der Waals surface area contributed by atoms with Crippen LogP contribution in [0.3, 0.4) is 0 Å². The molecule has 6 atom stereocenters. The molecule has 17 heteroatoms. The minimum absolute atomic E-state index is 0.0755. The van der Waals surface area contributed by atoms with Crippen molar-refractivity contribution in [1.82, 2.24) is 24.5 Å². The summed E-state index contributed by atoms with van der Waals surface area (Å²) in [6.45, 7) is 11.1. The lowest BCUT2D eigenvalue weighted by molar-refractivity contribution is -0.227. The first-order chi connectivity index (χ1) is 22.7. The van der Waals surface area contributed by atoms with Crippen molar-refractivity contribution in [1.29, 1.82) is 0 Å². The van der Waals surface area contributed by atoms with Crippen molar-refractivity contribution in [2.24, 2.45) is 5.92 Å². The molecular weight excluding hydrogens is 681 g/mol. The average Bonchev–Trinajstić information content (AvgIpc) is 3.68. The lowest BCUT2D eigenvalue weighted by Crippen LogP contribution is -2.47. The molecule has 0 radical (unpaired) electrons. The molecule has 272 valence electrons. The minimum Gasteiger partial charge on any atom is -0.598 e. The Morgan fingerprint density at radius 3 is 2.33 bits per heavy atom. The van der Waals surface area contributed by atoms with Crippen LogP contribution in [-0.4, -0.2) is 81.6 Å². The highest BCUT2D eigenvalue weighted by Crippen LogP contribution is 2.46. The van der Waals surface area contributed by atoms with Gasteiger partial charge in [-0.3, -0.25) is 0 Å². The smallest absolute Gasteiger partial charge is 0.414 e. The number of amides is 2. The van der Waals surface area contributed by atoms with E-state index in [4.69, 9.17) is 17.2 Å². The maximum absolute atomic E-state index is 13.8. The van der Waals surface area contributed by atoms with Crippen molar-refractivity contribution in [3.63, 3.8) is 0 Å². The van der Waals surface area contributed by atoms with Gasteiger partial charge in [-0.2, -0.15) is 26.3 Å². The number of nitrogens with one attached hydrogen (secondary N) is 2. The summed E-state index contributed by atoms with van der Waals surface area (Å²) in [5.74, 6) is -0.161. The van der Waals surface area contributed by atoms with Crippen LogP contribution in [0.15, 0.2) is 18.2 Å². The zero-order valence-electron chi connectivity index (χ0n) is 30.4. The van der Waals surface area contributed by atoms with Crippen LogP contribution in [-0.2, 0) is 27.6 Å². The van der Waals surface area contributed by atoms with Gasteiger partial charge in [-0.05, 0) is 77.1 Å². The largest absolute Gasteiger partial charge is 0.598 e. The van der Waals surface area contributed by atoms with Gasteiger partial charge in [0.1, 0.15) is 29.4 Å². The zero-order valence-corrected chi connectivity index (χ0v) is 30.2. The number of hydrogen-bond acceptors (Lipinski definition) is 6. The van der Waals surface area contributed by atoms with Gasteiger partial charge in [0.05, 0.1) is 32.4 Å². The molecule has 2 aromatic rings. The molecule has 2 amide bonds. The Hall–Kier alpha value is -2.05. The first kappa shape index (κ1) is 35.8. The number of benzene rings is 1. The highest BCUT2D eigenvalue weighted by molar-refractivity contribution is 7.90. The molecule has 1 aliphatic heterocycles. The average molecular weight is 730 g/mol. The SMILES string of the molecule is [2H]C1([2H])C(C(F)(F)F)NC(=O)N1[C@@H](c1ccc2c(c1)nc([C@@H](N[S+]([O-])C(C)(C)C)[C@@H](C)O[C@H](C)C(F)(F)F)n2COCC[Si](C)(C)C)C1CC1. The minimum atomic E-state index is -5.04. The van der Waals surface area contributed by atoms with E-state index in [9.17, 15) is 35.7 Å². The van der Waals surface area contributed by atoms with E-state index in [1.165, 1.54) is 6.92 Å². The van der Waals surface area contributed by atoms with Gasteiger partial charge >= 0.3 is 18.4 Å². The molecule has 4 rings (SSSR count). The van der Waals surface area contributed by atoms with Crippen LogP contribution < -0.4 is 10.0 Å². The summed E-state index contributed by atoms with van der Waals surface area (Å²) in [6, 6.07) is -0.558. The standard InChI is InChI=1S/C31H47F6N5O4SSi/c1-18(46-19(2)30(32,33)34)25(40-47(44)29(3,4)5)27-38-22-15-21(11-12-23(22)42(27)17-45-13-14-48(6,7)8)26(20-9-10-20)41-16-24(31(35,36)37)39-28(41)43/h11-12,15,18-20,24-26,40H,9-10,13-14,16-17H2,1-8H3,(H,39,43)/t18-,19-,24?,25+,26-,47?/m1/s1/i16D2. The number of rotatable bonds is 14. The molecule has 0 bridgehead atoms. The van der Waals surface area contributed by atoms with Gasteiger partial charge < -0.3 is 28.8 Å². The number of carbonyl (C=O) groups excluding carboxylic acids is 1. The number of carbonyl (C=O) groups is 1. The van der Waals surface area contributed by atoms with Gasteiger partial charge in [-0.1, -0.05) is 25.7 Å². The van der Waals surface area contributed by atoms with Gasteiger partial charge in [0.25, 0.3) is 0 Å². The third-order valence-electron chi connectivity index (χ3n) is 8.21. The fourth-order valence-corrected chi connectivity index (χ4v) is 6.85. The van der Waals surface area contributed by atoms with E-state index in [1.807, 2.05) is 0 Å². The summed E-state index contributed by atoms with van der Waals surface area (Å²) in [5, 5.41) is 1.76. The number of aromatic nitrogens is 2. The summed E-state index contributed by atoms with van der Waals surface area (Å²) in [5.41, 5.74) is 1.07. The second kappa shape index (κ2) is 14.3. The van der Waals surface area contributed by atoms with Crippen LogP contribution in [0, 0.1) is 5.92 Å². The lowest BCUT2D eigenvalue weighted by atomic mass is 10.00. The molecule has 9 nitrogen and oxygen atoms in total.